The van der Waals surface area contributed by atoms with Crippen LogP contribution in [-0.4, -0.2) is 44.4 Å². The molecular formula is C22H26F2N4O2. The van der Waals surface area contributed by atoms with Crippen LogP contribution >= 0.6 is 0 Å². The van der Waals surface area contributed by atoms with Crippen molar-refractivity contribution in [2.75, 3.05) is 18.5 Å². The van der Waals surface area contributed by atoms with E-state index in [-0.39, 0.29) is 25.5 Å². The largest absolute Gasteiger partial charge is 0.476 e. The number of benzene rings is 1. The second-order valence-electron chi connectivity index (χ2n) is 8.71. The molecule has 0 bridgehead atoms. The third-order valence-corrected chi connectivity index (χ3v) is 5.35. The normalized spacial score (nSPS) is 17.9. The van der Waals surface area contributed by atoms with E-state index in [4.69, 9.17) is 4.74 Å². The molecule has 6 nitrogen and oxygen atoms in total. The maximum Gasteiger partial charge on any atom is 0.255 e. The average Bonchev–Trinajstić information content (AvgIpc) is 3.07. The number of anilines is 1. The number of fused-ring (bicyclic) bond motifs is 1. The van der Waals surface area contributed by atoms with Gasteiger partial charge in [0, 0.05) is 24.6 Å². The van der Waals surface area contributed by atoms with Gasteiger partial charge in [0.15, 0.2) is 5.65 Å². The van der Waals surface area contributed by atoms with Crippen molar-refractivity contribution in [3.8, 4) is 17.1 Å². The zero-order chi connectivity index (χ0) is 21.7. The minimum absolute atomic E-state index is 0.0931. The Morgan fingerprint density at radius 1 is 1.27 bits per heavy atom. The summed E-state index contributed by atoms with van der Waals surface area (Å²) in [5, 5.41) is 17.8. The number of ether oxygens (including phenoxy) is 1. The smallest absolute Gasteiger partial charge is 0.255 e. The summed E-state index contributed by atoms with van der Waals surface area (Å²) in [6, 6.07) is 7.73. The second kappa shape index (κ2) is 7.19. The lowest BCUT2D eigenvalue weighted by Gasteiger charge is -2.19. The van der Waals surface area contributed by atoms with E-state index in [0.717, 1.165) is 16.8 Å². The maximum absolute atomic E-state index is 13.2. The number of aromatic nitrogens is 3. The number of nitrogens with one attached hydrogen (secondary N) is 1. The van der Waals surface area contributed by atoms with Crippen molar-refractivity contribution >= 4 is 11.3 Å². The zero-order valence-electron chi connectivity index (χ0n) is 17.5. The highest BCUT2D eigenvalue weighted by atomic mass is 19.3. The Kier molecular flexibility index (Phi) is 4.92. The molecule has 1 aliphatic carbocycles. The molecule has 30 heavy (non-hydrogen) atoms. The van der Waals surface area contributed by atoms with Gasteiger partial charge in [-0.05, 0) is 44.9 Å². The Hall–Kier alpha value is -2.74. The van der Waals surface area contributed by atoms with Crippen molar-refractivity contribution in [1.29, 1.82) is 0 Å². The minimum atomic E-state index is -2.65. The summed E-state index contributed by atoms with van der Waals surface area (Å²) in [6.45, 7) is 7.65. The van der Waals surface area contributed by atoms with Gasteiger partial charge in [-0.1, -0.05) is 12.1 Å². The first-order valence-electron chi connectivity index (χ1n) is 9.97. The van der Waals surface area contributed by atoms with Crippen LogP contribution in [0.4, 0.5) is 14.5 Å². The van der Waals surface area contributed by atoms with E-state index in [1.54, 1.807) is 30.6 Å². The van der Waals surface area contributed by atoms with Gasteiger partial charge in [0.05, 0.1) is 35.7 Å². The summed E-state index contributed by atoms with van der Waals surface area (Å²) in [6.07, 6.45) is 1.57. The number of alkyl halides is 2. The first-order valence-corrected chi connectivity index (χ1v) is 9.97. The molecule has 1 saturated carbocycles. The second-order valence-corrected chi connectivity index (χ2v) is 8.71. The average molecular weight is 416 g/mol. The van der Waals surface area contributed by atoms with Crippen LogP contribution in [-0.2, 0) is 0 Å². The first kappa shape index (κ1) is 20.5. The highest BCUT2D eigenvalue weighted by Gasteiger charge is 2.57. The Balaban J connectivity index is 1.72. The van der Waals surface area contributed by atoms with Crippen molar-refractivity contribution < 1.29 is 18.6 Å². The molecule has 4 rings (SSSR count). The lowest BCUT2D eigenvalue weighted by Crippen LogP contribution is -2.29. The van der Waals surface area contributed by atoms with E-state index in [9.17, 15) is 13.9 Å². The van der Waals surface area contributed by atoms with Gasteiger partial charge < -0.3 is 15.2 Å². The standard InChI is InChI=1S/C22H26F2N4O2/c1-13-5-6-15(7-14(13)2)18-10-25-20-17(26-12-21(3,4)29)8-19(27-28(18)20)30-11-16-9-22(16,23)24/h5-8,10,16,26,29H,9,11-12H2,1-4H3. The highest BCUT2D eigenvalue weighted by molar-refractivity contribution is 5.73. The lowest BCUT2D eigenvalue weighted by atomic mass is 10.0. The molecule has 3 aromatic rings. The third kappa shape index (κ3) is 4.23. The van der Waals surface area contributed by atoms with E-state index in [2.05, 4.69) is 21.5 Å². The SMILES string of the molecule is Cc1ccc(-c2cnc3c(NCC(C)(C)O)cc(OCC4CC4(F)F)nn23)cc1C. The Labute approximate surface area is 173 Å². The molecule has 1 aromatic carbocycles. The van der Waals surface area contributed by atoms with Gasteiger partial charge >= 0.3 is 0 Å². The van der Waals surface area contributed by atoms with E-state index in [0.29, 0.717) is 11.3 Å². The van der Waals surface area contributed by atoms with E-state index >= 15 is 0 Å². The van der Waals surface area contributed by atoms with Crippen LogP contribution in [0.1, 0.15) is 31.4 Å². The zero-order valence-corrected chi connectivity index (χ0v) is 17.5. The predicted octanol–water partition coefficient (Wildman–Crippen LogP) is 4.23. The van der Waals surface area contributed by atoms with Gasteiger partial charge in [-0.2, -0.15) is 0 Å². The van der Waals surface area contributed by atoms with Crippen molar-refractivity contribution in [2.24, 2.45) is 5.92 Å². The third-order valence-electron chi connectivity index (χ3n) is 5.35. The summed E-state index contributed by atoms with van der Waals surface area (Å²) in [5.41, 5.74) is 4.27. The van der Waals surface area contributed by atoms with Crippen molar-refractivity contribution in [1.82, 2.24) is 14.6 Å². The molecule has 0 spiro atoms. The molecule has 1 aliphatic rings. The molecule has 2 N–H and O–H groups in total. The molecular weight excluding hydrogens is 390 g/mol. The van der Waals surface area contributed by atoms with E-state index in [1.807, 2.05) is 26.0 Å². The number of aliphatic hydroxyl groups is 1. The Morgan fingerprint density at radius 3 is 2.63 bits per heavy atom. The fourth-order valence-corrected chi connectivity index (χ4v) is 3.19. The minimum Gasteiger partial charge on any atom is -0.476 e. The molecule has 0 saturated heterocycles. The van der Waals surface area contributed by atoms with Crippen LogP contribution in [0.15, 0.2) is 30.5 Å². The van der Waals surface area contributed by atoms with Crippen LogP contribution in [0.25, 0.3) is 16.9 Å². The van der Waals surface area contributed by atoms with E-state index in [1.165, 1.54) is 5.56 Å². The van der Waals surface area contributed by atoms with Crippen molar-refractivity contribution in [3.05, 3.63) is 41.6 Å². The van der Waals surface area contributed by atoms with Gasteiger partial charge in [-0.25, -0.2) is 18.3 Å². The van der Waals surface area contributed by atoms with Crippen LogP contribution in [0.5, 0.6) is 5.88 Å². The summed E-state index contributed by atoms with van der Waals surface area (Å²) in [5.74, 6) is -3.19. The molecule has 160 valence electrons. The molecule has 2 heterocycles. The number of nitrogens with zero attached hydrogens (tertiary/aromatic N) is 3. The Bertz CT molecular complexity index is 1090. The predicted molar refractivity (Wildman–Crippen MR) is 111 cm³/mol. The quantitative estimate of drug-likeness (QED) is 0.603. The van der Waals surface area contributed by atoms with Crippen molar-refractivity contribution in [3.63, 3.8) is 0 Å². The molecule has 2 aromatic heterocycles. The number of rotatable bonds is 7. The summed E-state index contributed by atoms with van der Waals surface area (Å²) in [7, 11) is 0. The van der Waals surface area contributed by atoms with Gasteiger partial charge in [0.25, 0.3) is 5.92 Å². The molecule has 0 aliphatic heterocycles. The molecule has 8 heteroatoms. The summed E-state index contributed by atoms with van der Waals surface area (Å²) < 4.78 is 33.7. The van der Waals surface area contributed by atoms with Crippen molar-refractivity contribution in [2.45, 2.75) is 45.6 Å². The fraction of sp³-hybridized carbons (Fsp3) is 0.455. The molecule has 1 atom stereocenters. The van der Waals surface area contributed by atoms with Gasteiger partial charge in [0.1, 0.15) is 0 Å². The fourth-order valence-electron chi connectivity index (χ4n) is 3.19. The first-order chi connectivity index (χ1) is 14.0. The number of imidazole rings is 1. The Morgan fingerprint density at radius 2 is 2.00 bits per heavy atom. The number of halogens is 2. The van der Waals surface area contributed by atoms with Crippen LogP contribution in [0.3, 0.4) is 0 Å². The highest BCUT2D eigenvalue weighted by Crippen LogP contribution is 2.48. The maximum atomic E-state index is 13.2. The number of hydrogen-bond donors (Lipinski definition) is 2. The van der Waals surface area contributed by atoms with Gasteiger partial charge in [-0.3, -0.25) is 0 Å². The van der Waals surface area contributed by atoms with Crippen LogP contribution in [0, 0.1) is 19.8 Å². The topological polar surface area (TPSA) is 71.7 Å². The van der Waals surface area contributed by atoms with Gasteiger partial charge in [0.2, 0.25) is 5.88 Å². The molecule has 1 fully saturated rings. The molecule has 1 unspecified atom stereocenters. The lowest BCUT2D eigenvalue weighted by molar-refractivity contribution is 0.0846. The van der Waals surface area contributed by atoms with Crippen LogP contribution < -0.4 is 10.1 Å². The van der Waals surface area contributed by atoms with Crippen LogP contribution in [0.2, 0.25) is 0 Å². The van der Waals surface area contributed by atoms with Gasteiger partial charge in [-0.15, -0.1) is 5.10 Å². The summed E-state index contributed by atoms with van der Waals surface area (Å²) in [4.78, 5) is 4.50. The molecule has 0 radical (unpaired) electrons. The molecule has 0 amide bonds. The number of hydrogen-bond acceptors (Lipinski definition) is 5. The summed E-state index contributed by atoms with van der Waals surface area (Å²) >= 11 is 0. The monoisotopic (exact) mass is 416 g/mol. The van der Waals surface area contributed by atoms with E-state index < -0.39 is 17.4 Å². The number of aryl methyl sites for hydroxylation is 2.